The molecule has 2 rings (SSSR count). The second kappa shape index (κ2) is 7.29. The lowest BCUT2D eigenvalue weighted by molar-refractivity contribution is -0.144. The van der Waals surface area contributed by atoms with Gasteiger partial charge in [-0.2, -0.15) is 0 Å². The molecule has 1 unspecified atom stereocenters. The molecule has 4 heteroatoms. The fourth-order valence-corrected chi connectivity index (χ4v) is 2.58. The van der Waals surface area contributed by atoms with E-state index in [9.17, 15) is 4.79 Å². The minimum absolute atomic E-state index is 0.0534. The molecule has 4 nitrogen and oxygen atoms in total. The first kappa shape index (κ1) is 14.9. The maximum atomic E-state index is 11.4. The highest BCUT2D eigenvalue weighted by molar-refractivity contribution is 5.72. The Morgan fingerprint density at radius 1 is 1.45 bits per heavy atom. The number of hydrogen-bond acceptors (Lipinski definition) is 4. The lowest BCUT2D eigenvalue weighted by Gasteiger charge is -2.15. The molecule has 0 aromatic heterocycles. The molecule has 1 saturated heterocycles. The van der Waals surface area contributed by atoms with Gasteiger partial charge in [-0.05, 0) is 44.0 Å². The van der Waals surface area contributed by atoms with Crippen molar-refractivity contribution >= 4 is 5.97 Å². The Balaban J connectivity index is 1.63. The number of ether oxygens (including phenoxy) is 2. The smallest absolute Gasteiger partial charge is 0.310 e. The van der Waals surface area contributed by atoms with Crippen molar-refractivity contribution in [2.75, 3.05) is 33.4 Å². The Labute approximate surface area is 120 Å². The summed E-state index contributed by atoms with van der Waals surface area (Å²) in [5.41, 5.74) is 1.21. The zero-order valence-corrected chi connectivity index (χ0v) is 12.3. The zero-order valence-electron chi connectivity index (χ0n) is 12.3. The molecule has 0 aliphatic carbocycles. The van der Waals surface area contributed by atoms with E-state index in [2.05, 4.69) is 17.9 Å². The van der Waals surface area contributed by atoms with E-state index in [1.807, 2.05) is 18.2 Å². The molecule has 0 amide bonds. The van der Waals surface area contributed by atoms with E-state index in [1.54, 1.807) is 0 Å². The summed E-state index contributed by atoms with van der Waals surface area (Å²) in [5.74, 6) is 0.903. The van der Waals surface area contributed by atoms with E-state index in [4.69, 9.17) is 9.47 Å². The van der Waals surface area contributed by atoms with Crippen molar-refractivity contribution in [2.24, 2.45) is 5.92 Å². The lowest BCUT2D eigenvalue weighted by atomic mass is 10.1. The molecule has 1 fully saturated rings. The maximum Gasteiger partial charge on any atom is 0.310 e. The number of esters is 1. The van der Waals surface area contributed by atoms with Crippen molar-refractivity contribution in [1.29, 1.82) is 0 Å². The molecule has 1 aliphatic heterocycles. The average molecular weight is 277 g/mol. The molecule has 0 saturated carbocycles. The third-order valence-electron chi connectivity index (χ3n) is 3.68. The van der Waals surface area contributed by atoms with Gasteiger partial charge < -0.3 is 14.4 Å². The van der Waals surface area contributed by atoms with Gasteiger partial charge in [-0.3, -0.25) is 4.79 Å². The summed E-state index contributed by atoms with van der Waals surface area (Å²) in [4.78, 5) is 13.7. The first-order valence-electron chi connectivity index (χ1n) is 7.18. The summed E-state index contributed by atoms with van der Waals surface area (Å²) in [6.07, 6.45) is 1.88. The van der Waals surface area contributed by atoms with Gasteiger partial charge in [0, 0.05) is 13.1 Å². The van der Waals surface area contributed by atoms with Crippen LogP contribution in [-0.2, 0) is 9.53 Å². The van der Waals surface area contributed by atoms with Gasteiger partial charge in [-0.25, -0.2) is 0 Å². The number of likely N-dealkylation sites (tertiary alicyclic amines) is 1. The van der Waals surface area contributed by atoms with Crippen LogP contribution in [0.15, 0.2) is 24.3 Å². The fourth-order valence-electron chi connectivity index (χ4n) is 2.58. The number of carbonyl (C=O) groups excluding carboxylic acids is 1. The number of rotatable bonds is 6. The van der Waals surface area contributed by atoms with Crippen molar-refractivity contribution in [3.63, 3.8) is 0 Å². The summed E-state index contributed by atoms with van der Waals surface area (Å²) in [5, 5.41) is 0. The molecule has 1 heterocycles. The van der Waals surface area contributed by atoms with Crippen LogP contribution in [0.4, 0.5) is 0 Å². The number of benzene rings is 1. The van der Waals surface area contributed by atoms with Gasteiger partial charge >= 0.3 is 5.97 Å². The van der Waals surface area contributed by atoms with Crippen LogP contribution in [0.25, 0.3) is 0 Å². The van der Waals surface area contributed by atoms with Gasteiger partial charge in [0.2, 0.25) is 0 Å². The van der Waals surface area contributed by atoms with Crippen LogP contribution >= 0.6 is 0 Å². The molecule has 20 heavy (non-hydrogen) atoms. The van der Waals surface area contributed by atoms with Crippen molar-refractivity contribution in [3.05, 3.63) is 29.8 Å². The maximum absolute atomic E-state index is 11.4. The lowest BCUT2D eigenvalue weighted by Crippen LogP contribution is -2.25. The molecule has 0 bridgehead atoms. The number of hydrogen-bond donors (Lipinski definition) is 0. The second-order valence-electron chi connectivity index (χ2n) is 5.33. The Morgan fingerprint density at radius 3 is 3.05 bits per heavy atom. The summed E-state index contributed by atoms with van der Waals surface area (Å²) < 4.78 is 10.5. The Kier molecular flexibility index (Phi) is 5.41. The van der Waals surface area contributed by atoms with Crippen LogP contribution in [0.1, 0.15) is 18.4 Å². The van der Waals surface area contributed by atoms with Crippen LogP contribution in [0.2, 0.25) is 0 Å². The molecule has 1 aromatic carbocycles. The van der Waals surface area contributed by atoms with Gasteiger partial charge in [0.15, 0.2) is 0 Å². The molecular formula is C16H23NO3. The minimum atomic E-state index is -0.0801. The summed E-state index contributed by atoms with van der Waals surface area (Å²) >= 11 is 0. The quantitative estimate of drug-likeness (QED) is 0.590. The topological polar surface area (TPSA) is 38.8 Å². The van der Waals surface area contributed by atoms with Gasteiger partial charge in [-0.1, -0.05) is 12.1 Å². The van der Waals surface area contributed by atoms with Crippen LogP contribution in [0.5, 0.6) is 5.75 Å². The molecule has 0 N–H and O–H groups in total. The van der Waals surface area contributed by atoms with E-state index >= 15 is 0 Å². The third-order valence-corrected chi connectivity index (χ3v) is 3.68. The first-order chi connectivity index (χ1) is 9.69. The summed E-state index contributed by atoms with van der Waals surface area (Å²) in [6.45, 7) is 5.54. The van der Waals surface area contributed by atoms with Gasteiger partial charge in [-0.15, -0.1) is 0 Å². The van der Waals surface area contributed by atoms with Crippen molar-refractivity contribution in [3.8, 4) is 5.75 Å². The van der Waals surface area contributed by atoms with Crippen molar-refractivity contribution in [2.45, 2.75) is 19.8 Å². The predicted molar refractivity (Wildman–Crippen MR) is 77.9 cm³/mol. The Morgan fingerprint density at radius 2 is 2.30 bits per heavy atom. The molecular weight excluding hydrogens is 254 g/mol. The normalized spacial score (nSPS) is 19.0. The standard InChI is InChI=1S/C16H23NO3/c1-13-5-3-6-15(11-13)20-10-4-8-17-9-7-14(12-17)16(18)19-2/h3,5-6,11,14H,4,7-10,12H2,1-2H3. The minimum Gasteiger partial charge on any atom is -0.494 e. The van der Waals surface area contributed by atoms with E-state index in [1.165, 1.54) is 12.7 Å². The Hall–Kier alpha value is -1.55. The number of aryl methyl sites for hydroxylation is 1. The summed E-state index contributed by atoms with van der Waals surface area (Å²) in [7, 11) is 1.46. The van der Waals surface area contributed by atoms with E-state index < -0.39 is 0 Å². The Bertz CT molecular complexity index is 447. The monoisotopic (exact) mass is 277 g/mol. The number of methoxy groups -OCH3 is 1. The van der Waals surface area contributed by atoms with Gasteiger partial charge in [0.05, 0.1) is 19.6 Å². The highest BCUT2D eigenvalue weighted by Crippen LogP contribution is 2.18. The molecule has 0 radical (unpaired) electrons. The highest BCUT2D eigenvalue weighted by atomic mass is 16.5. The second-order valence-corrected chi connectivity index (χ2v) is 5.33. The van der Waals surface area contributed by atoms with Crippen molar-refractivity contribution < 1.29 is 14.3 Å². The van der Waals surface area contributed by atoms with Crippen molar-refractivity contribution in [1.82, 2.24) is 4.90 Å². The summed E-state index contributed by atoms with van der Waals surface area (Å²) in [6, 6.07) is 8.09. The molecule has 0 spiro atoms. The van der Waals surface area contributed by atoms with E-state index in [0.29, 0.717) is 6.61 Å². The molecule has 110 valence electrons. The third kappa shape index (κ3) is 4.23. The van der Waals surface area contributed by atoms with E-state index in [-0.39, 0.29) is 11.9 Å². The number of carbonyl (C=O) groups is 1. The SMILES string of the molecule is COC(=O)C1CCN(CCCOc2cccc(C)c2)C1. The van der Waals surface area contributed by atoms with Crippen LogP contribution < -0.4 is 4.74 Å². The molecule has 1 aromatic rings. The van der Waals surface area contributed by atoms with Gasteiger partial charge in [0.1, 0.15) is 5.75 Å². The average Bonchev–Trinajstić information content (AvgIpc) is 2.92. The predicted octanol–water partition coefficient (Wildman–Crippen LogP) is 2.26. The fraction of sp³-hybridized carbons (Fsp3) is 0.562. The van der Waals surface area contributed by atoms with Crippen LogP contribution in [0, 0.1) is 12.8 Å². The van der Waals surface area contributed by atoms with Crippen LogP contribution in [-0.4, -0.2) is 44.2 Å². The zero-order chi connectivity index (χ0) is 14.4. The highest BCUT2D eigenvalue weighted by Gasteiger charge is 2.28. The number of nitrogens with zero attached hydrogens (tertiary/aromatic N) is 1. The van der Waals surface area contributed by atoms with Gasteiger partial charge in [0.25, 0.3) is 0 Å². The molecule has 1 atom stereocenters. The largest absolute Gasteiger partial charge is 0.494 e. The van der Waals surface area contributed by atoms with E-state index in [0.717, 1.165) is 38.2 Å². The van der Waals surface area contributed by atoms with Crippen LogP contribution in [0.3, 0.4) is 0 Å². The first-order valence-corrected chi connectivity index (χ1v) is 7.18. The molecule has 1 aliphatic rings.